The molecule has 0 aliphatic heterocycles. The number of pyridine rings is 3. The van der Waals surface area contributed by atoms with E-state index in [0.29, 0.717) is 22.8 Å². The lowest BCUT2D eigenvalue weighted by atomic mass is 10.1. The van der Waals surface area contributed by atoms with Crippen LogP contribution in [0.1, 0.15) is 21.5 Å². The van der Waals surface area contributed by atoms with Crippen LogP contribution in [0.2, 0.25) is 0 Å². The molecule has 0 unspecified atom stereocenters. The molecule has 3 heterocycles. The number of nitrogens with zero attached hydrogens (tertiary/aromatic N) is 3. The average molecular weight is 521 g/mol. The second-order valence-corrected chi connectivity index (χ2v) is 7.72. The second-order valence-electron chi connectivity index (χ2n) is 7.72. The third kappa shape index (κ3) is 5.77. The summed E-state index contributed by atoms with van der Waals surface area (Å²) in [5, 5.41) is 14.4. The molecule has 3 aromatic heterocycles. The summed E-state index contributed by atoms with van der Waals surface area (Å²) in [6.07, 6.45) is -7.02. The van der Waals surface area contributed by atoms with Crippen molar-refractivity contribution in [2.45, 2.75) is 12.4 Å². The van der Waals surface area contributed by atoms with Crippen LogP contribution >= 0.6 is 0 Å². The smallest absolute Gasteiger partial charge is 0.395 e. The molecule has 3 N–H and O–H groups in total. The first kappa shape index (κ1) is 25.8. The Labute approximate surface area is 205 Å². The number of carbonyl (C=O) groups excluding carboxylic acids is 1. The molecule has 0 bridgehead atoms. The van der Waals surface area contributed by atoms with Crippen LogP contribution in [0.3, 0.4) is 0 Å². The van der Waals surface area contributed by atoms with Crippen molar-refractivity contribution in [1.29, 1.82) is 0 Å². The van der Waals surface area contributed by atoms with Gasteiger partial charge in [-0.25, -0.2) is 9.97 Å². The van der Waals surface area contributed by atoms with Crippen molar-refractivity contribution in [1.82, 2.24) is 20.3 Å². The molecular formula is C24H17F6N5O2. The number of hydrogen-bond acceptors (Lipinski definition) is 6. The number of aromatic nitrogens is 3. The summed E-state index contributed by atoms with van der Waals surface area (Å²) >= 11 is 0. The number of nitrogens with one attached hydrogen (secondary N) is 2. The van der Waals surface area contributed by atoms with E-state index in [0.717, 1.165) is 18.3 Å². The minimum Gasteiger partial charge on any atom is -0.395 e. The van der Waals surface area contributed by atoms with Crippen LogP contribution in [-0.4, -0.2) is 39.1 Å². The minimum absolute atomic E-state index is 0.0640. The Kier molecular flexibility index (Phi) is 6.99. The molecule has 13 heteroatoms. The monoisotopic (exact) mass is 521 g/mol. The normalized spacial score (nSPS) is 12.0. The van der Waals surface area contributed by atoms with Crippen molar-refractivity contribution in [2.75, 3.05) is 18.5 Å². The minimum atomic E-state index is -4.86. The molecule has 0 saturated heterocycles. The number of carbonyl (C=O) groups is 1. The molecule has 1 aromatic carbocycles. The van der Waals surface area contributed by atoms with E-state index in [2.05, 4.69) is 25.6 Å². The van der Waals surface area contributed by atoms with Gasteiger partial charge >= 0.3 is 12.4 Å². The lowest BCUT2D eigenvalue weighted by molar-refractivity contribution is -0.138. The predicted molar refractivity (Wildman–Crippen MR) is 122 cm³/mol. The van der Waals surface area contributed by atoms with Crippen LogP contribution in [-0.2, 0) is 12.4 Å². The predicted octanol–water partition coefficient (Wildman–Crippen LogP) is 5.20. The Hall–Kier alpha value is -4.26. The number of rotatable bonds is 6. The summed E-state index contributed by atoms with van der Waals surface area (Å²) in [4.78, 5) is 24.2. The third-order valence-electron chi connectivity index (χ3n) is 5.19. The highest BCUT2D eigenvalue weighted by atomic mass is 19.4. The fraction of sp³-hybridized carbons (Fsp3) is 0.167. The van der Waals surface area contributed by atoms with E-state index in [1.54, 1.807) is 6.07 Å². The van der Waals surface area contributed by atoms with Gasteiger partial charge in [-0.15, -0.1) is 0 Å². The lowest BCUT2D eigenvalue weighted by Crippen LogP contribution is -2.27. The quantitative estimate of drug-likeness (QED) is 0.302. The molecule has 0 saturated carbocycles. The van der Waals surface area contributed by atoms with Gasteiger partial charge in [-0.05, 0) is 48.5 Å². The van der Waals surface area contributed by atoms with E-state index in [1.165, 1.54) is 30.5 Å². The van der Waals surface area contributed by atoms with Crippen LogP contribution < -0.4 is 10.6 Å². The first-order valence-electron chi connectivity index (χ1n) is 10.6. The largest absolute Gasteiger partial charge is 0.418 e. The molecule has 7 nitrogen and oxygen atoms in total. The molecule has 37 heavy (non-hydrogen) atoms. The number of halogens is 6. The van der Waals surface area contributed by atoms with Gasteiger partial charge in [0.2, 0.25) is 0 Å². The zero-order valence-corrected chi connectivity index (χ0v) is 18.7. The zero-order chi connectivity index (χ0) is 26.8. The van der Waals surface area contributed by atoms with E-state index < -0.39 is 35.1 Å². The molecule has 0 spiro atoms. The van der Waals surface area contributed by atoms with E-state index in [9.17, 15) is 31.1 Å². The van der Waals surface area contributed by atoms with Crippen molar-refractivity contribution in [2.24, 2.45) is 0 Å². The van der Waals surface area contributed by atoms with Gasteiger partial charge in [0.15, 0.2) is 5.65 Å². The molecule has 4 rings (SSSR count). The summed E-state index contributed by atoms with van der Waals surface area (Å²) in [7, 11) is 0. The summed E-state index contributed by atoms with van der Waals surface area (Å²) in [6, 6.07) is 9.27. The Morgan fingerprint density at radius 1 is 0.919 bits per heavy atom. The van der Waals surface area contributed by atoms with Gasteiger partial charge in [-0.2, -0.15) is 26.3 Å². The molecule has 0 aliphatic carbocycles. The summed E-state index contributed by atoms with van der Waals surface area (Å²) in [5.74, 6) is -0.828. The molecule has 0 aliphatic rings. The fourth-order valence-corrected chi connectivity index (χ4v) is 3.45. The van der Waals surface area contributed by atoms with Crippen LogP contribution in [0, 0.1) is 0 Å². The number of anilines is 2. The van der Waals surface area contributed by atoms with Crippen LogP contribution in [0.5, 0.6) is 0 Å². The maximum absolute atomic E-state index is 13.8. The summed E-state index contributed by atoms with van der Waals surface area (Å²) in [6.45, 7) is -0.518. The Bertz CT molecular complexity index is 1440. The van der Waals surface area contributed by atoms with E-state index >= 15 is 0 Å². The van der Waals surface area contributed by atoms with Gasteiger partial charge in [0.1, 0.15) is 5.69 Å². The van der Waals surface area contributed by atoms with Crippen LogP contribution in [0.15, 0.2) is 60.9 Å². The standard InChI is InChI=1S/C24H17F6N5O2/c25-23(26,27)14-1-3-15(4-2-14)34-18-7-8-31-21-16(18)5-6-19(35-21)20-17(24(28,29)30)11-13(12-33-20)22(37)32-9-10-36/h1-8,11-12,36H,9-10H2,(H,32,37)(H,31,34,35). The van der Waals surface area contributed by atoms with Gasteiger partial charge in [0.25, 0.3) is 5.91 Å². The van der Waals surface area contributed by atoms with Crippen LogP contribution in [0.25, 0.3) is 22.4 Å². The molecule has 1 amide bonds. The zero-order valence-electron chi connectivity index (χ0n) is 18.7. The number of alkyl halides is 6. The molecular weight excluding hydrogens is 504 g/mol. The molecule has 0 radical (unpaired) electrons. The molecule has 4 aromatic rings. The van der Waals surface area contributed by atoms with Gasteiger partial charge in [0, 0.05) is 30.0 Å². The summed E-state index contributed by atoms with van der Waals surface area (Å²) < 4.78 is 79.9. The number of fused-ring (bicyclic) bond motifs is 1. The average Bonchev–Trinajstić information content (AvgIpc) is 2.86. The van der Waals surface area contributed by atoms with Gasteiger partial charge in [-0.1, -0.05) is 0 Å². The molecule has 192 valence electrons. The SMILES string of the molecule is O=C(NCCO)c1cnc(-c2ccc3c(Nc4ccc(C(F)(F)F)cc4)ccnc3n2)c(C(F)(F)F)c1. The molecule has 0 fully saturated rings. The maximum Gasteiger partial charge on any atom is 0.418 e. The lowest BCUT2D eigenvalue weighted by Gasteiger charge is -2.14. The highest BCUT2D eigenvalue weighted by Gasteiger charge is 2.36. The van der Waals surface area contributed by atoms with E-state index in [4.69, 9.17) is 5.11 Å². The summed E-state index contributed by atoms with van der Waals surface area (Å²) in [5.41, 5.74) is -2.17. The van der Waals surface area contributed by atoms with Crippen molar-refractivity contribution in [3.8, 4) is 11.4 Å². The Morgan fingerprint density at radius 2 is 1.65 bits per heavy atom. The highest BCUT2D eigenvalue weighted by Crippen LogP contribution is 2.37. The van der Waals surface area contributed by atoms with Gasteiger partial charge in [-0.3, -0.25) is 9.78 Å². The number of aliphatic hydroxyl groups is 1. The van der Waals surface area contributed by atoms with Crippen LogP contribution in [0.4, 0.5) is 37.7 Å². The van der Waals surface area contributed by atoms with E-state index in [-0.39, 0.29) is 30.1 Å². The number of hydrogen-bond donors (Lipinski definition) is 3. The Balaban J connectivity index is 1.69. The van der Waals surface area contributed by atoms with Gasteiger partial charge in [0.05, 0.1) is 34.7 Å². The number of aliphatic hydroxyl groups excluding tert-OH is 1. The first-order valence-corrected chi connectivity index (χ1v) is 10.6. The van der Waals surface area contributed by atoms with Crippen molar-refractivity contribution >= 4 is 28.3 Å². The first-order chi connectivity index (χ1) is 17.5. The number of benzene rings is 1. The maximum atomic E-state index is 13.8. The van der Waals surface area contributed by atoms with Crippen molar-refractivity contribution < 1.29 is 36.2 Å². The topological polar surface area (TPSA) is 100 Å². The van der Waals surface area contributed by atoms with Crippen molar-refractivity contribution in [3.05, 3.63) is 77.6 Å². The van der Waals surface area contributed by atoms with E-state index in [1.807, 2.05) is 0 Å². The third-order valence-corrected chi connectivity index (χ3v) is 5.19. The van der Waals surface area contributed by atoms with Gasteiger partial charge < -0.3 is 15.7 Å². The molecule has 0 atom stereocenters. The second kappa shape index (κ2) is 10.0. The number of amides is 1. The van der Waals surface area contributed by atoms with Crippen molar-refractivity contribution in [3.63, 3.8) is 0 Å². The fourth-order valence-electron chi connectivity index (χ4n) is 3.45. The highest BCUT2D eigenvalue weighted by molar-refractivity contribution is 5.95. The Morgan fingerprint density at radius 3 is 2.30 bits per heavy atom.